The van der Waals surface area contributed by atoms with Crippen molar-refractivity contribution in [1.29, 1.82) is 0 Å². The van der Waals surface area contributed by atoms with E-state index in [-0.39, 0.29) is 5.41 Å². The first-order valence-corrected chi connectivity index (χ1v) is 8.55. The molecule has 0 bridgehead atoms. The minimum absolute atomic E-state index is 0.134. The van der Waals surface area contributed by atoms with Gasteiger partial charge in [0.2, 0.25) is 0 Å². The van der Waals surface area contributed by atoms with E-state index >= 15 is 0 Å². The number of aromatic nitrogens is 1. The zero-order valence-corrected chi connectivity index (χ0v) is 14.5. The summed E-state index contributed by atoms with van der Waals surface area (Å²) in [5.41, 5.74) is 1.33. The van der Waals surface area contributed by atoms with Crippen molar-refractivity contribution in [3.05, 3.63) is 16.1 Å². The maximum Gasteiger partial charge on any atom is 0.110 e. The Morgan fingerprint density at radius 1 is 1.35 bits per heavy atom. The number of hydrogen-bond acceptors (Lipinski definition) is 4. The van der Waals surface area contributed by atoms with Crippen molar-refractivity contribution in [3.63, 3.8) is 0 Å². The zero-order valence-electron chi connectivity index (χ0n) is 13.7. The van der Waals surface area contributed by atoms with E-state index in [0.717, 1.165) is 19.6 Å². The Hall–Kier alpha value is -0.450. The highest BCUT2D eigenvalue weighted by Gasteiger charge is 2.20. The summed E-state index contributed by atoms with van der Waals surface area (Å²) >= 11 is 1.79. The molecule has 0 aliphatic heterocycles. The molecule has 0 aromatic carbocycles. The molecule has 4 heteroatoms. The summed E-state index contributed by atoms with van der Waals surface area (Å²) in [6, 6.07) is 0.373. The summed E-state index contributed by atoms with van der Waals surface area (Å²) in [5.74, 6) is 0. The third-order valence-corrected chi connectivity index (χ3v) is 4.34. The van der Waals surface area contributed by atoms with Gasteiger partial charge in [-0.15, -0.1) is 11.3 Å². The first kappa shape index (κ1) is 17.6. The van der Waals surface area contributed by atoms with Crippen molar-refractivity contribution in [2.45, 2.75) is 64.8 Å². The Bertz CT molecular complexity index is 361. The number of nitrogens with one attached hydrogen (secondary N) is 1. The van der Waals surface area contributed by atoms with Crippen LogP contribution in [0.1, 0.15) is 70.1 Å². The molecule has 1 aromatic heterocycles. The Kier molecular flexibility index (Phi) is 7.70. The van der Waals surface area contributed by atoms with Crippen LogP contribution in [0.25, 0.3) is 0 Å². The number of unbranched alkanes of at least 4 members (excludes halogenated alkanes) is 2. The Balaban J connectivity index is 2.67. The molecule has 1 rings (SSSR count). The molecule has 0 radical (unpaired) electrons. The number of rotatable bonds is 9. The van der Waals surface area contributed by atoms with Gasteiger partial charge < -0.3 is 10.1 Å². The van der Waals surface area contributed by atoms with Crippen LogP contribution in [0.5, 0.6) is 0 Å². The molecule has 116 valence electrons. The number of nitrogens with zero attached hydrogens (tertiary/aromatic N) is 1. The number of hydrogen-bond donors (Lipinski definition) is 1. The third-order valence-electron chi connectivity index (χ3n) is 3.38. The molecule has 0 saturated carbocycles. The van der Waals surface area contributed by atoms with E-state index < -0.39 is 0 Å². The smallest absolute Gasteiger partial charge is 0.110 e. The molecule has 1 unspecified atom stereocenters. The van der Waals surface area contributed by atoms with E-state index in [2.05, 4.69) is 38.4 Å². The molecule has 0 saturated heterocycles. The van der Waals surface area contributed by atoms with E-state index in [1.807, 2.05) is 0 Å². The summed E-state index contributed by atoms with van der Waals surface area (Å²) in [6.45, 7) is 10.5. The van der Waals surface area contributed by atoms with Gasteiger partial charge in [0.25, 0.3) is 0 Å². The predicted octanol–water partition coefficient (Wildman–Crippen LogP) is 4.30. The molecule has 1 atom stereocenters. The maximum absolute atomic E-state index is 5.13. The second-order valence-electron chi connectivity index (χ2n) is 6.32. The van der Waals surface area contributed by atoms with Gasteiger partial charge in [0.05, 0.1) is 18.3 Å². The summed E-state index contributed by atoms with van der Waals surface area (Å²) < 4.78 is 5.13. The van der Waals surface area contributed by atoms with Gasteiger partial charge in [-0.05, 0) is 6.42 Å². The lowest BCUT2D eigenvalue weighted by atomic mass is 9.93. The highest BCUT2D eigenvalue weighted by Crippen LogP contribution is 2.29. The van der Waals surface area contributed by atoms with Crippen molar-refractivity contribution >= 4 is 11.3 Å². The van der Waals surface area contributed by atoms with Crippen molar-refractivity contribution in [1.82, 2.24) is 10.3 Å². The lowest BCUT2D eigenvalue weighted by Crippen LogP contribution is -2.25. The Morgan fingerprint density at radius 2 is 2.10 bits per heavy atom. The molecule has 0 fully saturated rings. The highest BCUT2D eigenvalue weighted by molar-refractivity contribution is 7.09. The van der Waals surface area contributed by atoms with E-state index in [9.17, 15) is 0 Å². The largest absolute Gasteiger partial charge is 0.383 e. The van der Waals surface area contributed by atoms with Crippen molar-refractivity contribution in [3.8, 4) is 0 Å². The van der Waals surface area contributed by atoms with Gasteiger partial charge in [-0.3, -0.25) is 0 Å². The summed E-state index contributed by atoms with van der Waals surface area (Å²) in [4.78, 5) is 4.85. The van der Waals surface area contributed by atoms with Gasteiger partial charge >= 0.3 is 0 Å². The molecular formula is C16H30N2OS. The normalized spacial score (nSPS) is 13.7. The quantitative estimate of drug-likeness (QED) is 0.690. The SMILES string of the molecule is CCCCCC(NCCOC)c1nc(C(C)(C)C)cs1. The van der Waals surface area contributed by atoms with Crippen molar-refractivity contribution in [2.75, 3.05) is 20.3 Å². The second kappa shape index (κ2) is 8.75. The van der Waals surface area contributed by atoms with Crippen molar-refractivity contribution in [2.24, 2.45) is 0 Å². The number of ether oxygens (including phenoxy) is 1. The molecule has 0 amide bonds. The monoisotopic (exact) mass is 298 g/mol. The molecule has 1 aromatic rings. The van der Waals surface area contributed by atoms with E-state index in [1.165, 1.54) is 30.0 Å². The summed E-state index contributed by atoms with van der Waals surface area (Å²) in [7, 11) is 1.74. The lowest BCUT2D eigenvalue weighted by Gasteiger charge is -2.17. The van der Waals surface area contributed by atoms with Crippen LogP contribution in [0.15, 0.2) is 5.38 Å². The molecule has 0 aliphatic rings. The average Bonchev–Trinajstić information content (AvgIpc) is 2.86. The Labute approximate surface area is 128 Å². The molecular weight excluding hydrogens is 268 g/mol. The van der Waals surface area contributed by atoms with Gasteiger partial charge in [0.1, 0.15) is 5.01 Å². The molecule has 0 spiro atoms. The van der Waals surface area contributed by atoms with Gasteiger partial charge in [-0.2, -0.15) is 0 Å². The fraction of sp³-hybridized carbons (Fsp3) is 0.812. The van der Waals surface area contributed by atoms with Crippen LogP contribution in [-0.4, -0.2) is 25.2 Å². The summed E-state index contributed by atoms with van der Waals surface area (Å²) in [6.07, 6.45) is 4.97. The third kappa shape index (κ3) is 5.90. The Morgan fingerprint density at radius 3 is 2.65 bits per heavy atom. The topological polar surface area (TPSA) is 34.1 Å². The van der Waals surface area contributed by atoms with Gasteiger partial charge in [0.15, 0.2) is 0 Å². The zero-order chi connectivity index (χ0) is 15.0. The van der Waals surface area contributed by atoms with Gasteiger partial charge in [-0.25, -0.2) is 4.98 Å². The standard InChI is InChI=1S/C16H30N2OS/c1-6-7-8-9-13(17-10-11-19-5)15-18-14(12-20-15)16(2,3)4/h12-13,17H,6-11H2,1-5H3. The first-order valence-electron chi connectivity index (χ1n) is 7.67. The fourth-order valence-electron chi connectivity index (χ4n) is 2.04. The molecule has 3 nitrogen and oxygen atoms in total. The minimum Gasteiger partial charge on any atom is -0.383 e. The van der Waals surface area contributed by atoms with Crippen molar-refractivity contribution < 1.29 is 4.74 Å². The van der Waals surface area contributed by atoms with Crippen LogP contribution in [0, 0.1) is 0 Å². The first-order chi connectivity index (χ1) is 9.49. The molecule has 0 aliphatic carbocycles. The molecule has 20 heavy (non-hydrogen) atoms. The van der Waals surface area contributed by atoms with E-state index in [1.54, 1.807) is 18.4 Å². The number of methoxy groups -OCH3 is 1. The predicted molar refractivity (Wildman–Crippen MR) is 87.6 cm³/mol. The van der Waals surface area contributed by atoms with Crippen LogP contribution in [0.4, 0.5) is 0 Å². The molecule has 1 heterocycles. The van der Waals surface area contributed by atoms with Crippen LogP contribution in [0.3, 0.4) is 0 Å². The second-order valence-corrected chi connectivity index (χ2v) is 7.21. The molecule has 1 N–H and O–H groups in total. The van der Waals surface area contributed by atoms with Crippen LogP contribution < -0.4 is 5.32 Å². The van der Waals surface area contributed by atoms with Gasteiger partial charge in [0, 0.05) is 24.4 Å². The highest BCUT2D eigenvalue weighted by atomic mass is 32.1. The van der Waals surface area contributed by atoms with Crippen LogP contribution >= 0.6 is 11.3 Å². The van der Waals surface area contributed by atoms with E-state index in [0.29, 0.717) is 6.04 Å². The fourth-order valence-corrected chi connectivity index (χ4v) is 3.19. The van der Waals surface area contributed by atoms with E-state index in [4.69, 9.17) is 9.72 Å². The maximum atomic E-state index is 5.13. The minimum atomic E-state index is 0.134. The number of thiazole rings is 1. The van der Waals surface area contributed by atoms with Crippen LogP contribution in [0.2, 0.25) is 0 Å². The average molecular weight is 298 g/mol. The lowest BCUT2D eigenvalue weighted by molar-refractivity contribution is 0.194. The summed E-state index contributed by atoms with van der Waals surface area (Å²) in [5, 5.41) is 7.02. The van der Waals surface area contributed by atoms with Crippen LogP contribution in [-0.2, 0) is 10.2 Å². The van der Waals surface area contributed by atoms with Gasteiger partial charge in [-0.1, -0.05) is 47.0 Å².